The topological polar surface area (TPSA) is 116 Å². The summed E-state index contributed by atoms with van der Waals surface area (Å²) < 4.78 is 16.3. The summed E-state index contributed by atoms with van der Waals surface area (Å²) in [6.45, 7) is 1.21. The average Bonchev–Trinajstić information content (AvgIpc) is 3.34. The highest BCUT2D eigenvalue weighted by molar-refractivity contribution is 5.93. The first-order valence-corrected chi connectivity index (χ1v) is 10.4. The summed E-state index contributed by atoms with van der Waals surface area (Å²) >= 11 is 0. The van der Waals surface area contributed by atoms with Gasteiger partial charge in [-0.25, -0.2) is 0 Å². The molecule has 34 heavy (non-hydrogen) atoms. The number of nitrogens with one attached hydrogen (secondary N) is 2. The van der Waals surface area contributed by atoms with Gasteiger partial charge in [0.05, 0.1) is 12.7 Å². The lowest BCUT2D eigenvalue weighted by molar-refractivity contribution is -0.118. The Kier molecular flexibility index (Phi) is 6.83. The second-order valence-electron chi connectivity index (χ2n) is 7.24. The summed E-state index contributed by atoms with van der Waals surface area (Å²) in [5, 5.41) is 9.47. The number of benzene rings is 3. The van der Waals surface area contributed by atoms with Crippen LogP contribution in [-0.4, -0.2) is 35.7 Å². The maximum atomic E-state index is 12.4. The fraction of sp³-hybridized carbons (Fsp3) is 0.120. The molecule has 0 fully saturated rings. The van der Waals surface area contributed by atoms with E-state index in [0.29, 0.717) is 28.5 Å². The summed E-state index contributed by atoms with van der Waals surface area (Å²) in [7, 11) is 1.60. The van der Waals surface area contributed by atoms with Gasteiger partial charge in [-0.3, -0.25) is 9.59 Å². The summed E-state index contributed by atoms with van der Waals surface area (Å²) in [6, 6.07) is 21.2. The molecular formula is C25H22N4O5. The molecule has 0 radical (unpaired) electrons. The minimum absolute atomic E-state index is 0.166. The zero-order valence-corrected chi connectivity index (χ0v) is 18.6. The van der Waals surface area contributed by atoms with Gasteiger partial charge in [-0.2, -0.15) is 4.98 Å². The predicted molar refractivity (Wildman–Crippen MR) is 127 cm³/mol. The zero-order chi connectivity index (χ0) is 23.9. The number of aromatic nitrogens is 2. The standard InChI is InChI=1S/C25H22N4O5/c1-16(30)26-18-9-11-19(12-10-18)27-23(31)15-33-22-6-4-3-5-21(22)25-28-24(29-34-25)17-7-13-20(32-2)14-8-17/h3-14H,15H2,1-2H3,(H,26,30)(H,27,31). The number of carbonyl (C=O) groups excluding carboxylic acids is 2. The molecule has 0 aliphatic carbocycles. The molecule has 0 atom stereocenters. The number of ether oxygens (including phenoxy) is 2. The van der Waals surface area contributed by atoms with E-state index in [1.54, 1.807) is 49.6 Å². The number of anilines is 2. The van der Waals surface area contributed by atoms with Crippen molar-refractivity contribution < 1.29 is 23.6 Å². The molecule has 172 valence electrons. The van der Waals surface area contributed by atoms with Crippen LogP contribution in [0.2, 0.25) is 0 Å². The monoisotopic (exact) mass is 458 g/mol. The summed E-state index contributed by atoms with van der Waals surface area (Å²) in [5.74, 6) is 1.35. The largest absolute Gasteiger partial charge is 0.497 e. The van der Waals surface area contributed by atoms with Gasteiger partial charge >= 0.3 is 0 Å². The van der Waals surface area contributed by atoms with E-state index < -0.39 is 0 Å². The van der Waals surface area contributed by atoms with E-state index in [0.717, 1.165) is 11.3 Å². The first-order valence-electron chi connectivity index (χ1n) is 10.4. The molecule has 2 N–H and O–H groups in total. The van der Waals surface area contributed by atoms with Crippen molar-refractivity contribution in [1.29, 1.82) is 0 Å². The maximum Gasteiger partial charge on any atom is 0.262 e. The molecule has 1 aromatic heterocycles. The minimum atomic E-state index is -0.341. The maximum absolute atomic E-state index is 12.4. The second-order valence-corrected chi connectivity index (χ2v) is 7.24. The smallest absolute Gasteiger partial charge is 0.262 e. The van der Waals surface area contributed by atoms with Crippen molar-refractivity contribution in [2.24, 2.45) is 0 Å². The average molecular weight is 458 g/mol. The quantitative estimate of drug-likeness (QED) is 0.402. The van der Waals surface area contributed by atoms with Crippen LogP contribution in [0.4, 0.5) is 11.4 Å². The van der Waals surface area contributed by atoms with Crippen LogP contribution >= 0.6 is 0 Å². The van der Waals surface area contributed by atoms with E-state index in [1.807, 2.05) is 30.3 Å². The van der Waals surface area contributed by atoms with Crippen LogP contribution in [0.3, 0.4) is 0 Å². The molecule has 0 bridgehead atoms. The summed E-state index contributed by atoms with van der Waals surface area (Å²) in [5.41, 5.74) is 2.57. The van der Waals surface area contributed by atoms with Gasteiger partial charge in [-0.15, -0.1) is 0 Å². The number of nitrogens with zero attached hydrogens (tertiary/aromatic N) is 2. The third kappa shape index (κ3) is 5.57. The lowest BCUT2D eigenvalue weighted by Crippen LogP contribution is -2.20. The normalized spacial score (nSPS) is 10.4. The van der Waals surface area contributed by atoms with E-state index in [-0.39, 0.29) is 24.3 Å². The molecular weight excluding hydrogens is 436 g/mol. The molecule has 0 saturated heterocycles. The highest BCUT2D eigenvalue weighted by Gasteiger charge is 2.16. The van der Waals surface area contributed by atoms with Crippen LogP contribution < -0.4 is 20.1 Å². The lowest BCUT2D eigenvalue weighted by Gasteiger charge is -2.10. The summed E-state index contributed by atoms with van der Waals surface area (Å²) in [4.78, 5) is 27.9. The number of methoxy groups -OCH3 is 1. The predicted octanol–water partition coefficient (Wildman–Crippen LogP) is 4.39. The van der Waals surface area contributed by atoms with Crippen molar-refractivity contribution in [3.63, 3.8) is 0 Å². The zero-order valence-electron chi connectivity index (χ0n) is 18.6. The van der Waals surface area contributed by atoms with Crippen LogP contribution in [0.5, 0.6) is 11.5 Å². The Morgan fingerprint density at radius 3 is 2.26 bits per heavy atom. The van der Waals surface area contributed by atoms with E-state index in [1.165, 1.54) is 6.92 Å². The van der Waals surface area contributed by atoms with Gasteiger partial charge in [-0.05, 0) is 60.7 Å². The van der Waals surface area contributed by atoms with E-state index >= 15 is 0 Å². The molecule has 2 amide bonds. The Morgan fingerprint density at radius 1 is 0.912 bits per heavy atom. The number of rotatable bonds is 8. The van der Waals surface area contributed by atoms with Crippen molar-refractivity contribution >= 4 is 23.2 Å². The third-order valence-corrected chi connectivity index (χ3v) is 4.74. The number of hydrogen-bond donors (Lipinski definition) is 2. The Morgan fingerprint density at radius 2 is 1.59 bits per heavy atom. The second kappa shape index (κ2) is 10.3. The van der Waals surface area contributed by atoms with Gasteiger partial charge in [0.1, 0.15) is 11.5 Å². The van der Waals surface area contributed by atoms with E-state index in [2.05, 4.69) is 20.8 Å². The molecule has 9 nitrogen and oxygen atoms in total. The number of amides is 2. The van der Waals surface area contributed by atoms with Gasteiger partial charge in [0.25, 0.3) is 11.8 Å². The Hall–Kier alpha value is -4.66. The fourth-order valence-corrected chi connectivity index (χ4v) is 3.14. The lowest BCUT2D eigenvalue weighted by atomic mass is 10.2. The van der Waals surface area contributed by atoms with Crippen molar-refractivity contribution in [2.45, 2.75) is 6.92 Å². The SMILES string of the molecule is COc1ccc(-c2noc(-c3ccccc3OCC(=O)Nc3ccc(NC(C)=O)cc3)n2)cc1. The summed E-state index contributed by atoms with van der Waals surface area (Å²) in [6.07, 6.45) is 0. The van der Waals surface area contributed by atoms with Gasteiger partial charge in [0, 0.05) is 23.9 Å². The molecule has 3 aromatic carbocycles. The molecule has 4 aromatic rings. The Labute approximate surface area is 195 Å². The minimum Gasteiger partial charge on any atom is -0.497 e. The number of carbonyl (C=O) groups is 2. The highest BCUT2D eigenvalue weighted by atomic mass is 16.5. The van der Waals surface area contributed by atoms with Crippen molar-refractivity contribution in [2.75, 3.05) is 24.4 Å². The molecule has 0 aliphatic heterocycles. The molecule has 1 heterocycles. The van der Waals surface area contributed by atoms with Crippen LogP contribution in [0.25, 0.3) is 22.8 Å². The van der Waals surface area contributed by atoms with Gasteiger partial charge < -0.3 is 24.6 Å². The number of para-hydroxylation sites is 1. The van der Waals surface area contributed by atoms with Crippen LogP contribution in [0.15, 0.2) is 77.3 Å². The van der Waals surface area contributed by atoms with Gasteiger partial charge in [0.2, 0.25) is 11.7 Å². The van der Waals surface area contributed by atoms with Gasteiger partial charge in [0.15, 0.2) is 6.61 Å². The van der Waals surface area contributed by atoms with Gasteiger partial charge in [-0.1, -0.05) is 17.3 Å². The van der Waals surface area contributed by atoms with Crippen LogP contribution in [0, 0.1) is 0 Å². The Bertz CT molecular complexity index is 1280. The fourth-order valence-electron chi connectivity index (χ4n) is 3.14. The van der Waals surface area contributed by atoms with Crippen LogP contribution in [-0.2, 0) is 9.59 Å². The van der Waals surface area contributed by atoms with Crippen molar-refractivity contribution in [3.05, 3.63) is 72.8 Å². The van der Waals surface area contributed by atoms with E-state index in [4.69, 9.17) is 14.0 Å². The molecule has 0 unspecified atom stereocenters. The first kappa shape index (κ1) is 22.5. The highest BCUT2D eigenvalue weighted by Crippen LogP contribution is 2.30. The first-order chi connectivity index (χ1) is 16.5. The number of hydrogen-bond acceptors (Lipinski definition) is 7. The third-order valence-electron chi connectivity index (χ3n) is 4.74. The molecule has 4 rings (SSSR count). The molecule has 0 aliphatic rings. The van der Waals surface area contributed by atoms with Crippen molar-refractivity contribution in [1.82, 2.24) is 10.1 Å². The molecule has 9 heteroatoms. The van der Waals surface area contributed by atoms with E-state index in [9.17, 15) is 9.59 Å². The van der Waals surface area contributed by atoms with Crippen molar-refractivity contribution in [3.8, 4) is 34.3 Å². The molecule has 0 saturated carbocycles. The van der Waals surface area contributed by atoms with Crippen LogP contribution in [0.1, 0.15) is 6.92 Å². The molecule has 0 spiro atoms. The Balaban J connectivity index is 1.41.